The van der Waals surface area contributed by atoms with Gasteiger partial charge in [0.2, 0.25) is 0 Å². The Morgan fingerprint density at radius 3 is 3.00 bits per heavy atom. The molecule has 0 aromatic carbocycles. The summed E-state index contributed by atoms with van der Waals surface area (Å²) in [5, 5.41) is 3.75. The molecule has 1 heterocycles. The summed E-state index contributed by atoms with van der Waals surface area (Å²) >= 11 is 0. The third-order valence-electron chi connectivity index (χ3n) is 1.41. The molecule has 0 amide bonds. The first kappa shape index (κ1) is 8.52. The minimum absolute atomic E-state index is 0.683. The first-order chi connectivity index (χ1) is 5.77. The van der Waals surface area contributed by atoms with Crippen LogP contribution in [-0.4, -0.2) is 17.9 Å². The average molecular weight is 164 g/mol. The Morgan fingerprint density at radius 1 is 1.67 bits per heavy atom. The van der Waals surface area contributed by atoms with Crippen LogP contribution >= 0.6 is 0 Å². The second kappa shape index (κ2) is 3.71. The van der Waals surface area contributed by atoms with E-state index < -0.39 is 0 Å². The number of pyridine rings is 1. The third kappa shape index (κ3) is 1.72. The van der Waals surface area contributed by atoms with E-state index >= 15 is 0 Å². The van der Waals surface area contributed by atoms with Gasteiger partial charge < -0.3 is 5.73 Å². The molecule has 1 rings (SSSR count). The molecule has 0 aliphatic rings. The molecule has 0 aliphatic heterocycles. The number of aromatic nitrogens is 1. The molecule has 0 spiro atoms. The van der Waals surface area contributed by atoms with Gasteiger partial charge in [-0.05, 0) is 13.0 Å². The predicted molar refractivity (Wildman–Crippen MR) is 49.9 cm³/mol. The number of anilines is 1. The number of hydrogen-bond donors (Lipinski definition) is 1. The third-order valence-corrected chi connectivity index (χ3v) is 1.41. The molecule has 1 aromatic heterocycles. The van der Waals surface area contributed by atoms with Gasteiger partial charge in [0, 0.05) is 31.2 Å². The predicted octanol–water partition coefficient (Wildman–Crippen LogP) is 0.455. The quantitative estimate of drug-likeness (QED) is 0.634. The molecule has 64 valence electrons. The molecule has 4 nitrogen and oxygen atoms in total. The highest BCUT2D eigenvalue weighted by Crippen LogP contribution is 1.93. The Balaban J connectivity index is 3.31. The number of nitrogens with zero attached hydrogens (tertiary/aromatic N) is 3. The van der Waals surface area contributed by atoms with Crippen LogP contribution in [0.2, 0.25) is 0 Å². The molecule has 2 N–H and O–H groups in total. The van der Waals surface area contributed by atoms with E-state index in [0.29, 0.717) is 12.2 Å². The number of nitrogens with two attached hydrogens (primary N) is 1. The van der Waals surface area contributed by atoms with Crippen LogP contribution in [-0.2, 0) is 0 Å². The van der Waals surface area contributed by atoms with Crippen molar-refractivity contribution in [2.75, 3.05) is 12.3 Å². The van der Waals surface area contributed by atoms with Gasteiger partial charge in [0.1, 0.15) is 0 Å². The fourth-order valence-electron chi connectivity index (χ4n) is 0.896. The van der Waals surface area contributed by atoms with E-state index in [-0.39, 0.29) is 0 Å². The van der Waals surface area contributed by atoms with Crippen LogP contribution in [0.15, 0.2) is 28.4 Å². The standard InChI is InChI=1S/C8H12N4/c1-3-11-8-6-7(9)4-5-12(8)10-2/h4-6H,2-3,9H2,1H3. The van der Waals surface area contributed by atoms with Crippen LogP contribution in [0.3, 0.4) is 0 Å². The summed E-state index contributed by atoms with van der Waals surface area (Å²) in [4.78, 5) is 4.19. The molecular weight excluding hydrogens is 152 g/mol. The van der Waals surface area contributed by atoms with E-state index in [9.17, 15) is 0 Å². The molecule has 0 atom stereocenters. The van der Waals surface area contributed by atoms with Gasteiger partial charge in [0.25, 0.3) is 0 Å². The number of rotatable bonds is 2. The van der Waals surface area contributed by atoms with Crippen LogP contribution in [0.5, 0.6) is 0 Å². The Bertz CT molecular complexity index is 337. The molecular formula is C8H12N4. The number of hydrogen-bond acceptors (Lipinski definition) is 3. The summed E-state index contributed by atoms with van der Waals surface area (Å²) in [5.41, 5.74) is 6.99. The van der Waals surface area contributed by atoms with Gasteiger partial charge in [-0.2, -0.15) is 5.10 Å². The van der Waals surface area contributed by atoms with Gasteiger partial charge in [-0.1, -0.05) is 0 Å². The zero-order valence-corrected chi connectivity index (χ0v) is 7.07. The van der Waals surface area contributed by atoms with E-state index in [2.05, 4.69) is 16.8 Å². The lowest BCUT2D eigenvalue weighted by Crippen LogP contribution is -2.17. The normalized spacial score (nSPS) is 11.6. The van der Waals surface area contributed by atoms with Gasteiger partial charge in [0.15, 0.2) is 5.49 Å². The molecule has 0 radical (unpaired) electrons. The second-order valence-corrected chi connectivity index (χ2v) is 2.28. The second-order valence-electron chi connectivity index (χ2n) is 2.28. The van der Waals surface area contributed by atoms with Crippen molar-refractivity contribution in [2.24, 2.45) is 10.1 Å². The van der Waals surface area contributed by atoms with E-state index in [4.69, 9.17) is 5.73 Å². The summed E-state index contributed by atoms with van der Waals surface area (Å²) in [6.45, 7) is 6.08. The Morgan fingerprint density at radius 2 is 2.42 bits per heavy atom. The van der Waals surface area contributed by atoms with Crippen molar-refractivity contribution in [3.05, 3.63) is 23.8 Å². The highest BCUT2D eigenvalue weighted by Gasteiger charge is 1.89. The van der Waals surface area contributed by atoms with Crippen LogP contribution < -0.4 is 11.2 Å². The van der Waals surface area contributed by atoms with Crippen LogP contribution in [0, 0.1) is 0 Å². The lowest BCUT2D eigenvalue weighted by atomic mass is 10.4. The largest absolute Gasteiger partial charge is 0.399 e. The molecule has 0 fully saturated rings. The van der Waals surface area contributed by atoms with Gasteiger partial charge >= 0.3 is 0 Å². The molecule has 12 heavy (non-hydrogen) atoms. The Hall–Kier alpha value is -1.58. The summed E-state index contributed by atoms with van der Waals surface area (Å²) in [6.07, 6.45) is 1.73. The van der Waals surface area contributed by atoms with Gasteiger partial charge in [-0.25, -0.2) is 4.68 Å². The number of nitrogen functional groups attached to an aromatic ring is 1. The van der Waals surface area contributed by atoms with Crippen molar-refractivity contribution < 1.29 is 0 Å². The monoisotopic (exact) mass is 164 g/mol. The van der Waals surface area contributed by atoms with Crippen molar-refractivity contribution in [3.63, 3.8) is 0 Å². The summed E-state index contributed by atoms with van der Waals surface area (Å²) < 4.78 is 1.58. The first-order valence-corrected chi connectivity index (χ1v) is 3.73. The fraction of sp³-hybridized carbons (Fsp3) is 0.250. The van der Waals surface area contributed by atoms with Crippen LogP contribution in [0.4, 0.5) is 5.69 Å². The van der Waals surface area contributed by atoms with Crippen LogP contribution in [0.25, 0.3) is 0 Å². The van der Waals surface area contributed by atoms with E-state index in [1.165, 1.54) is 0 Å². The SMILES string of the molecule is C=Nn1ccc(N)cc1=NCC. The molecule has 0 aliphatic carbocycles. The van der Waals surface area contributed by atoms with E-state index in [0.717, 1.165) is 5.49 Å². The summed E-state index contributed by atoms with van der Waals surface area (Å²) in [7, 11) is 0. The fourth-order valence-corrected chi connectivity index (χ4v) is 0.896. The Labute approximate surface area is 71.1 Å². The molecule has 0 bridgehead atoms. The smallest absolute Gasteiger partial charge is 0.150 e. The topological polar surface area (TPSA) is 55.7 Å². The highest BCUT2D eigenvalue weighted by molar-refractivity contribution is 5.34. The maximum Gasteiger partial charge on any atom is 0.150 e. The minimum atomic E-state index is 0.683. The van der Waals surface area contributed by atoms with Crippen molar-refractivity contribution in [1.29, 1.82) is 0 Å². The van der Waals surface area contributed by atoms with Gasteiger partial charge in [-0.15, -0.1) is 0 Å². The van der Waals surface area contributed by atoms with E-state index in [1.54, 1.807) is 23.0 Å². The first-order valence-electron chi connectivity index (χ1n) is 3.73. The van der Waals surface area contributed by atoms with Gasteiger partial charge in [-0.3, -0.25) is 4.99 Å². The molecule has 4 heteroatoms. The summed E-state index contributed by atoms with van der Waals surface area (Å²) in [5.74, 6) is 0. The molecule has 0 saturated heterocycles. The average Bonchev–Trinajstić information content (AvgIpc) is 2.05. The lowest BCUT2D eigenvalue weighted by molar-refractivity contribution is 0.794. The van der Waals surface area contributed by atoms with Crippen LogP contribution in [0.1, 0.15) is 6.92 Å². The highest BCUT2D eigenvalue weighted by atomic mass is 15.3. The molecule has 0 unspecified atom stereocenters. The zero-order valence-electron chi connectivity index (χ0n) is 7.07. The Kier molecular flexibility index (Phi) is 2.63. The van der Waals surface area contributed by atoms with Crippen molar-refractivity contribution in [2.45, 2.75) is 6.92 Å². The van der Waals surface area contributed by atoms with Crippen molar-refractivity contribution >= 4 is 12.4 Å². The minimum Gasteiger partial charge on any atom is -0.399 e. The summed E-state index contributed by atoms with van der Waals surface area (Å²) in [6, 6.07) is 3.52. The van der Waals surface area contributed by atoms with Crippen molar-refractivity contribution in [1.82, 2.24) is 4.68 Å². The molecule has 1 aromatic rings. The molecule has 0 saturated carbocycles. The van der Waals surface area contributed by atoms with Crippen molar-refractivity contribution in [3.8, 4) is 0 Å². The maximum absolute atomic E-state index is 5.58. The van der Waals surface area contributed by atoms with E-state index in [1.807, 2.05) is 6.92 Å². The van der Waals surface area contributed by atoms with Gasteiger partial charge in [0.05, 0.1) is 0 Å². The zero-order chi connectivity index (χ0) is 8.97. The lowest BCUT2D eigenvalue weighted by Gasteiger charge is -1.99. The maximum atomic E-state index is 5.58.